The molecule has 0 radical (unpaired) electrons. The van der Waals surface area contributed by atoms with Gasteiger partial charge >= 0.3 is 5.97 Å². The Balaban J connectivity index is 2.78. The van der Waals surface area contributed by atoms with E-state index in [0.29, 0.717) is 6.42 Å². The first-order chi connectivity index (χ1) is 5.85. The zero-order chi connectivity index (χ0) is 10.2. The molecule has 1 saturated carbocycles. The predicted molar refractivity (Wildman–Crippen MR) is 48.3 cm³/mol. The summed E-state index contributed by atoms with van der Waals surface area (Å²) < 4.78 is 0. The van der Waals surface area contributed by atoms with Gasteiger partial charge in [0.1, 0.15) is 5.78 Å². The lowest BCUT2D eigenvalue weighted by molar-refractivity contribution is -0.139. The second-order valence-corrected chi connectivity index (χ2v) is 4.51. The van der Waals surface area contributed by atoms with Gasteiger partial charge in [0.05, 0.1) is 0 Å². The molecular formula is C10H16O3. The summed E-state index contributed by atoms with van der Waals surface area (Å²) in [6.45, 7) is 5.86. The van der Waals surface area contributed by atoms with Gasteiger partial charge in [0.2, 0.25) is 0 Å². The third-order valence-corrected chi connectivity index (χ3v) is 3.52. The molecule has 0 heterocycles. The van der Waals surface area contributed by atoms with Crippen molar-refractivity contribution in [3.63, 3.8) is 0 Å². The summed E-state index contributed by atoms with van der Waals surface area (Å²) in [6.07, 6.45) is 0.545. The third kappa shape index (κ3) is 1.74. The molecule has 0 aromatic rings. The van der Waals surface area contributed by atoms with E-state index in [-0.39, 0.29) is 29.5 Å². The molecule has 1 aliphatic rings. The molecule has 0 aromatic carbocycles. The van der Waals surface area contributed by atoms with E-state index in [1.165, 1.54) is 0 Å². The van der Waals surface area contributed by atoms with Gasteiger partial charge < -0.3 is 5.11 Å². The van der Waals surface area contributed by atoms with Gasteiger partial charge in [-0.05, 0) is 11.3 Å². The average molecular weight is 184 g/mol. The fourth-order valence-corrected chi connectivity index (χ4v) is 2.00. The molecule has 1 rings (SSSR count). The van der Waals surface area contributed by atoms with Crippen molar-refractivity contribution < 1.29 is 14.7 Å². The molecule has 3 nitrogen and oxygen atoms in total. The van der Waals surface area contributed by atoms with Gasteiger partial charge in [-0.3, -0.25) is 9.59 Å². The molecule has 13 heavy (non-hydrogen) atoms. The van der Waals surface area contributed by atoms with Gasteiger partial charge in [-0.25, -0.2) is 0 Å². The van der Waals surface area contributed by atoms with Gasteiger partial charge in [0.25, 0.3) is 0 Å². The molecule has 1 N–H and O–H groups in total. The molecule has 3 heteroatoms. The number of carbonyl (C=O) groups is 2. The topological polar surface area (TPSA) is 54.4 Å². The van der Waals surface area contributed by atoms with Crippen LogP contribution >= 0.6 is 0 Å². The number of carboxylic acids is 1. The number of carboxylic acid groups (broad SMARTS) is 1. The summed E-state index contributed by atoms with van der Waals surface area (Å²) in [5.41, 5.74) is -0.157. The van der Waals surface area contributed by atoms with Crippen LogP contribution in [0, 0.1) is 17.3 Å². The monoisotopic (exact) mass is 184 g/mol. The van der Waals surface area contributed by atoms with Crippen LogP contribution in [0.25, 0.3) is 0 Å². The van der Waals surface area contributed by atoms with Gasteiger partial charge in [0, 0.05) is 18.8 Å². The van der Waals surface area contributed by atoms with E-state index in [1.807, 2.05) is 20.8 Å². The van der Waals surface area contributed by atoms with Crippen LogP contribution in [0.5, 0.6) is 0 Å². The fraction of sp³-hybridized carbons (Fsp3) is 0.800. The number of hydrogen-bond donors (Lipinski definition) is 1. The predicted octanol–water partition coefficient (Wildman–Crippen LogP) is 1.71. The number of aliphatic carboxylic acids is 1. The Bertz CT molecular complexity index is 241. The van der Waals surface area contributed by atoms with Crippen molar-refractivity contribution in [1.29, 1.82) is 0 Å². The van der Waals surface area contributed by atoms with Crippen LogP contribution in [-0.4, -0.2) is 16.9 Å². The Morgan fingerprint density at radius 3 is 2.46 bits per heavy atom. The van der Waals surface area contributed by atoms with Crippen LogP contribution in [0.1, 0.15) is 33.6 Å². The SMILES string of the molecule is CC1C(=O)C[C@@H](CC(=O)O)C1(C)C. The highest BCUT2D eigenvalue weighted by Crippen LogP contribution is 2.46. The average Bonchev–Trinajstić information content (AvgIpc) is 2.15. The van der Waals surface area contributed by atoms with E-state index < -0.39 is 5.97 Å². The van der Waals surface area contributed by atoms with Crippen molar-refractivity contribution in [2.24, 2.45) is 17.3 Å². The van der Waals surface area contributed by atoms with Gasteiger partial charge in [-0.15, -0.1) is 0 Å². The number of Topliss-reactive ketones (excluding diaryl/α,β-unsaturated/α-hetero) is 1. The lowest BCUT2D eigenvalue weighted by Gasteiger charge is -2.28. The largest absolute Gasteiger partial charge is 0.481 e. The Kier molecular flexibility index (Phi) is 2.46. The van der Waals surface area contributed by atoms with Crippen molar-refractivity contribution in [3.05, 3.63) is 0 Å². The minimum absolute atomic E-state index is 0.00292. The Morgan fingerprint density at radius 2 is 2.15 bits per heavy atom. The molecular weight excluding hydrogens is 168 g/mol. The number of carbonyl (C=O) groups excluding carboxylic acids is 1. The highest BCUT2D eigenvalue weighted by atomic mass is 16.4. The van der Waals surface area contributed by atoms with E-state index in [2.05, 4.69) is 0 Å². The van der Waals surface area contributed by atoms with Crippen LogP contribution < -0.4 is 0 Å². The first-order valence-corrected chi connectivity index (χ1v) is 4.60. The maximum absolute atomic E-state index is 11.4. The van der Waals surface area contributed by atoms with Crippen LogP contribution in [0.3, 0.4) is 0 Å². The molecule has 0 bridgehead atoms. The quantitative estimate of drug-likeness (QED) is 0.710. The molecule has 0 spiro atoms. The summed E-state index contributed by atoms with van der Waals surface area (Å²) in [5, 5.41) is 8.67. The Morgan fingerprint density at radius 1 is 1.62 bits per heavy atom. The lowest BCUT2D eigenvalue weighted by atomic mass is 9.75. The van der Waals surface area contributed by atoms with E-state index in [1.54, 1.807) is 0 Å². The highest BCUT2D eigenvalue weighted by Gasteiger charge is 2.46. The molecule has 1 unspecified atom stereocenters. The van der Waals surface area contributed by atoms with Crippen molar-refractivity contribution in [2.75, 3.05) is 0 Å². The minimum Gasteiger partial charge on any atom is -0.481 e. The second-order valence-electron chi connectivity index (χ2n) is 4.51. The van der Waals surface area contributed by atoms with Crippen molar-refractivity contribution in [1.82, 2.24) is 0 Å². The molecule has 1 aliphatic carbocycles. The molecule has 1 fully saturated rings. The van der Waals surface area contributed by atoms with Crippen molar-refractivity contribution >= 4 is 11.8 Å². The smallest absolute Gasteiger partial charge is 0.303 e. The van der Waals surface area contributed by atoms with Crippen LogP contribution in [0.2, 0.25) is 0 Å². The maximum Gasteiger partial charge on any atom is 0.303 e. The fourth-order valence-electron chi connectivity index (χ4n) is 2.00. The molecule has 74 valence electrons. The lowest BCUT2D eigenvalue weighted by Crippen LogP contribution is -2.26. The molecule has 0 amide bonds. The van der Waals surface area contributed by atoms with Crippen molar-refractivity contribution in [3.8, 4) is 0 Å². The summed E-state index contributed by atoms with van der Waals surface area (Å²) in [7, 11) is 0. The Hall–Kier alpha value is -0.860. The van der Waals surface area contributed by atoms with Crippen LogP contribution in [0.4, 0.5) is 0 Å². The molecule has 0 aromatic heterocycles. The number of ketones is 1. The van der Waals surface area contributed by atoms with E-state index in [0.717, 1.165) is 0 Å². The molecule has 0 aliphatic heterocycles. The van der Waals surface area contributed by atoms with Crippen LogP contribution in [-0.2, 0) is 9.59 Å². The first kappa shape index (κ1) is 10.2. The normalized spacial score (nSPS) is 32.1. The first-order valence-electron chi connectivity index (χ1n) is 4.60. The minimum atomic E-state index is -0.806. The standard InChI is InChI=1S/C10H16O3/c1-6-8(11)4-7(5-9(12)13)10(6,2)3/h6-7H,4-5H2,1-3H3,(H,12,13)/t6?,7-/m0/s1. The summed E-state index contributed by atoms with van der Waals surface area (Å²) in [5.74, 6) is -0.597. The van der Waals surface area contributed by atoms with Gasteiger partial charge in [-0.2, -0.15) is 0 Å². The van der Waals surface area contributed by atoms with E-state index in [4.69, 9.17) is 5.11 Å². The van der Waals surface area contributed by atoms with E-state index >= 15 is 0 Å². The van der Waals surface area contributed by atoms with Gasteiger partial charge in [-0.1, -0.05) is 20.8 Å². The van der Waals surface area contributed by atoms with Crippen LogP contribution in [0.15, 0.2) is 0 Å². The summed E-state index contributed by atoms with van der Waals surface area (Å²) in [6, 6.07) is 0. The molecule has 2 atom stereocenters. The summed E-state index contributed by atoms with van der Waals surface area (Å²) in [4.78, 5) is 21.9. The second kappa shape index (κ2) is 3.13. The highest BCUT2D eigenvalue weighted by molar-refractivity contribution is 5.85. The number of rotatable bonds is 2. The zero-order valence-electron chi connectivity index (χ0n) is 8.33. The van der Waals surface area contributed by atoms with Crippen molar-refractivity contribution in [2.45, 2.75) is 33.6 Å². The maximum atomic E-state index is 11.4. The number of hydrogen-bond acceptors (Lipinski definition) is 2. The zero-order valence-corrected chi connectivity index (χ0v) is 8.33. The van der Waals surface area contributed by atoms with E-state index in [9.17, 15) is 9.59 Å². The molecule has 0 saturated heterocycles. The third-order valence-electron chi connectivity index (χ3n) is 3.52. The Labute approximate surface area is 78.1 Å². The summed E-state index contributed by atoms with van der Waals surface area (Å²) >= 11 is 0. The van der Waals surface area contributed by atoms with Gasteiger partial charge in [0.15, 0.2) is 0 Å².